The number of aryl methyl sites for hydroxylation is 1. The zero-order valence-electron chi connectivity index (χ0n) is 13.2. The maximum atomic E-state index is 12.2. The molecule has 2 aromatic rings. The van der Waals surface area contributed by atoms with Gasteiger partial charge in [0, 0.05) is 19.7 Å². The molecule has 4 nitrogen and oxygen atoms in total. The Balaban J connectivity index is 1.90. The van der Waals surface area contributed by atoms with Gasteiger partial charge >= 0.3 is 0 Å². The van der Waals surface area contributed by atoms with Crippen LogP contribution in [0.1, 0.15) is 11.1 Å². The van der Waals surface area contributed by atoms with Crippen LogP contribution in [0.5, 0.6) is 11.5 Å². The molecule has 116 valence electrons. The Morgan fingerprint density at radius 3 is 2.55 bits per heavy atom. The highest BCUT2D eigenvalue weighted by molar-refractivity contribution is 5.77. The first-order chi connectivity index (χ1) is 10.6. The third kappa shape index (κ3) is 4.25. The number of hydrogen-bond acceptors (Lipinski definition) is 3. The average Bonchev–Trinajstić information content (AvgIpc) is 2.54. The lowest BCUT2D eigenvalue weighted by molar-refractivity contribution is -0.132. The summed E-state index contributed by atoms with van der Waals surface area (Å²) in [6.45, 7) is 2.63. The van der Waals surface area contributed by atoms with E-state index in [1.165, 1.54) is 5.56 Å². The van der Waals surface area contributed by atoms with Gasteiger partial charge in [0.15, 0.2) is 6.61 Å². The van der Waals surface area contributed by atoms with Crippen LogP contribution in [0.4, 0.5) is 0 Å². The molecule has 1 amide bonds. The minimum absolute atomic E-state index is 0.00947. The Morgan fingerprint density at radius 1 is 1.09 bits per heavy atom. The second kappa shape index (κ2) is 7.50. The molecule has 0 aliphatic rings. The summed E-state index contributed by atoms with van der Waals surface area (Å²) in [5.41, 5.74) is 2.32. The Morgan fingerprint density at radius 2 is 1.82 bits per heavy atom. The maximum absolute atomic E-state index is 12.2. The number of rotatable bonds is 6. The molecule has 0 N–H and O–H groups in total. The lowest BCUT2D eigenvalue weighted by atomic mass is 10.1. The molecule has 0 saturated heterocycles. The molecule has 0 spiro atoms. The van der Waals surface area contributed by atoms with Gasteiger partial charge in [-0.25, -0.2) is 0 Å². The summed E-state index contributed by atoms with van der Waals surface area (Å²) < 4.78 is 10.7. The van der Waals surface area contributed by atoms with Gasteiger partial charge in [0.2, 0.25) is 0 Å². The van der Waals surface area contributed by atoms with Crippen molar-refractivity contribution in [3.8, 4) is 11.5 Å². The fourth-order valence-electron chi connectivity index (χ4n) is 2.08. The summed E-state index contributed by atoms with van der Waals surface area (Å²) >= 11 is 0. The number of methoxy groups -OCH3 is 1. The van der Waals surface area contributed by atoms with Crippen molar-refractivity contribution in [3.63, 3.8) is 0 Å². The first kappa shape index (κ1) is 15.9. The number of benzene rings is 2. The van der Waals surface area contributed by atoms with Crippen LogP contribution in [0, 0.1) is 6.92 Å². The molecular weight excluding hydrogens is 278 g/mol. The average molecular weight is 299 g/mol. The number of hydrogen-bond donors (Lipinski definition) is 0. The van der Waals surface area contributed by atoms with Crippen molar-refractivity contribution >= 4 is 5.91 Å². The second-order valence-corrected chi connectivity index (χ2v) is 5.14. The van der Waals surface area contributed by atoms with E-state index in [2.05, 4.69) is 0 Å². The first-order valence-electron chi connectivity index (χ1n) is 7.15. The van der Waals surface area contributed by atoms with E-state index in [9.17, 15) is 4.79 Å². The van der Waals surface area contributed by atoms with E-state index in [0.29, 0.717) is 18.0 Å². The molecule has 0 bridgehead atoms. The standard InChI is InChI=1S/C18H21NO3/c1-14-7-4-5-8-15(14)12-19(2)18(20)13-22-17-10-6-9-16(11-17)21-3/h4-11H,12-13H2,1-3H3. The molecule has 0 aliphatic carbocycles. The first-order valence-corrected chi connectivity index (χ1v) is 7.15. The van der Waals surface area contributed by atoms with Crippen molar-refractivity contribution in [2.75, 3.05) is 20.8 Å². The Hall–Kier alpha value is -2.49. The van der Waals surface area contributed by atoms with Crippen LogP contribution in [0.15, 0.2) is 48.5 Å². The molecule has 0 heterocycles. The normalized spacial score (nSPS) is 10.1. The molecule has 4 heteroatoms. The van der Waals surface area contributed by atoms with E-state index in [1.807, 2.05) is 43.3 Å². The Bertz CT molecular complexity index is 640. The van der Waals surface area contributed by atoms with Gasteiger partial charge in [-0.1, -0.05) is 30.3 Å². The number of carbonyl (C=O) groups is 1. The van der Waals surface area contributed by atoms with Crippen molar-refractivity contribution in [2.24, 2.45) is 0 Å². The van der Waals surface area contributed by atoms with Crippen molar-refractivity contribution in [2.45, 2.75) is 13.5 Å². The summed E-state index contributed by atoms with van der Waals surface area (Å²) in [4.78, 5) is 13.8. The van der Waals surface area contributed by atoms with Gasteiger partial charge in [-0.2, -0.15) is 0 Å². The molecule has 0 aromatic heterocycles. The third-order valence-electron chi connectivity index (χ3n) is 3.50. The predicted octanol–water partition coefficient (Wildman–Crippen LogP) is 3.04. The van der Waals surface area contributed by atoms with Gasteiger partial charge in [0.1, 0.15) is 11.5 Å². The zero-order valence-corrected chi connectivity index (χ0v) is 13.2. The number of nitrogens with zero attached hydrogens (tertiary/aromatic N) is 1. The second-order valence-electron chi connectivity index (χ2n) is 5.14. The lowest BCUT2D eigenvalue weighted by Gasteiger charge is -2.18. The number of amides is 1. The molecule has 2 aromatic carbocycles. The zero-order chi connectivity index (χ0) is 15.9. The SMILES string of the molecule is COc1cccc(OCC(=O)N(C)Cc2ccccc2C)c1. The molecule has 2 rings (SSSR count). The van der Waals surface area contributed by atoms with Crippen molar-refractivity contribution in [3.05, 3.63) is 59.7 Å². The van der Waals surface area contributed by atoms with Gasteiger partial charge in [-0.05, 0) is 30.2 Å². The topological polar surface area (TPSA) is 38.8 Å². The molecule has 0 aliphatic heterocycles. The van der Waals surface area contributed by atoms with E-state index in [0.717, 1.165) is 5.56 Å². The van der Waals surface area contributed by atoms with Gasteiger partial charge in [0.25, 0.3) is 5.91 Å². The number of carbonyl (C=O) groups excluding carboxylic acids is 1. The third-order valence-corrected chi connectivity index (χ3v) is 3.50. The summed E-state index contributed by atoms with van der Waals surface area (Å²) in [6.07, 6.45) is 0. The summed E-state index contributed by atoms with van der Waals surface area (Å²) in [7, 11) is 3.38. The number of ether oxygens (including phenoxy) is 2. The van der Waals surface area contributed by atoms with Crippen LogP contribution in [-0.4, -0.2) is 31.6 Å². The fraction of sp³-hybridized carbons (Fsp3) is 0.278. The minimum atomic E-state index is -0.0638. The molecule has 0 unspecified atom stereocenters. The fourth-order valence-corrected chi connectivity index (χ4v) is 2.08. The van der Waals surface area contributed by atoms with Crippen LogP contribution in [-0.2, 0) is 11.3 Å². The van der Waals surface area contributed by atoms with Crippen LogP contribution in [0.25, 0.3) is 0 Å². The predicted molar refractivity (Wildman–Crippen MR) is 86.1 cm³/mol. The molecule has 0 fully saturated rings. The highest BCUT2D eigenvalue weighted by Gasteiger charge is 2.11. The molecular formula is C18H21NO3. The van der Waals surface area contributed by atoms with Gasteiger partial charge in [-0.3, -0.25) is 4.79 Å². The van der Waals surface area contributed by atoms with E-state index in [4.69, 9.17) is 9.47 Å². The van der Waals surface area contributed by atoms with Gasteiger partial charge < -0.3 is 14.4 Å². The molecule has 22 heavy (non-hydrogen) atoms. The largest absolute Gasteiger partial charge is 0.497 e. The maximum Gasteiger partial charge on any atom is 0.260 e. The minimum Gasteiger partial charge on any atom is -0.497 e. The van der Waals surface area contributed by atoms with Crippen LogP contribution >= 0.6 is 0 Å². The molecule has 0 atom stereocenters. The van der Waals surface area contributed by atoms with E-state index >= 15 is 0 Å². The smallest absolute Gasteiger partial charge is 0.260 e. The highest BCUT2D eigenvalue weighted by atomic mass is 16.5. The Kier molecular flexibility index (Phi) is 5.42. The van der Waals surface area contributed by atoms with E-state index in [-0.39, 0.29) is 12.5 Å². The van der Waals surface area contributed by atoms with Gasteiger partial charge in [-0.15, -0.1) is 0 Å². The van der Waals surface area contributed by atoms with E-state index < -0.39 is 0 Å². The highest BCUT2D eigenvalue weighted by Crippen LogP contribution is 2.19. The molecule has 0 saturated carbocycles. The Labute approximate surface area is 131 Å². The van der Waals surface area contributed by atoms with Crippen LogP contribution in [0.2, 0.25) is 0 Å². The number of likely N-dealkylation sites (N-methyl/N-ethyl adjacent to an activating group) is 1. The molecule has 0 radical (unpaired) electrons. The van der Waals surface area contributed by atoms with Crippen molar-refractivity contribution < 1.29 is 14.3 Å². The van der Waals surface area contributed by atoms with Crippen molar-refractivity contribution in [1.82, 2.24) is 4.90 Å². The quantitative estimate of drug-likeness (QED) is 0.823. The van der Waals surface area contributed by atoms with Crippen LogP contribution < -0.4 is 9.47 Å². The summed E-state index contributed by atoms with van der Waals surface area (Å²) in [5, 5.41) is 0. The monoisotopic (exact) mass is 299 g/mol. The van der Waals surface area contributed by atoms with Gasteiger partial charge in [0.05, 0.1) is 7.11 Å². The summed E-state index contributed by atoms with van der Waals surface area (Å²) in [5.74, 6) is 1.27. The summed E-state index contributed by atoms with van der Waals surface area (Å²) in [6, 6.07) is 15.3. The van der Waals surface area contributed by atoms with E-state index in [1.54, 1.807) is 31.2 Å². The van der Waals surface area contributed by atoms with Crippen LogP contribution in [0.3, 0.4) is 0 Å². The lowest BCUT2D eigenvalue weighted by Crippen LogP contribution is -2.31. The van der Waals surface area contributed by atoms with Crippen molar-refractivity contribution in [1.29, 1.82) is 0 Å².